The number of hydrogen-bond acceptors (Lipinski definition) is 4. The van der Waals surface area contributed by atoms with E-state index in [1.54, 1.807) is 0 Å². The smallest absolute Gasteiger partial charge is 0.235 e. The molecule has 7 heteroatoms. The Balaban J connectivity index is 0.000000191. The van der Waals surface area contributed by atoms with Crippen LogP contribution in [0.15, 0.2) is 290 Å². The standard InChI is InChI=1S/C43H31NSSi.C37H23N3S/c1-30-15-12-26-39-42(30)37-23-8-10-25-38(37)44(39)31-16-13-21-34(29-31)46(32-17-4-2-5-18-32,33-19-6-3-7-20-33)41-28-14-24-36-35-22-9-11-27-40(35)45-43(36)41;1-22-18-20-23(21-19-22)34-26-12-4-7-15-29(26)38-37(39-34)40-30-16-8-5-13-27(30)32-33-28-14-6-9-17-31(28)41-36(33)25-11-3-2-10-24(25)35(32)40/h2-29H,1H3;2-21H,1H3/i2D,3D,4D,5D,6D,7D,8D,9D,10D,11D,12D,13D,14D,15D,16D,17D,18D,19D,20D,21D,22D,23D,24D,25D,26D,27D,28D,29D;2D,3D,4D,5D,6D,7D,8D,9D,10D,11D,12D,13D,14D,15D,16D,17D,18D,19D,20D,21D. The third-order valence-electron chi connectivity index (χ3n) is 14.5. The van der Waals surface area contributed by atoms with E-state index in [0.717, 1.165) is 20.5 Å². The Morgan fingerprint density at radius 2 is 0.885 bits per heavy atom. The molecule has 0 unspecified atom stereocenters. The molecule has 0 amide bonds. The van der Waals surface area contributed by atoms with Gasteiger partial charge in [0.25, 0.3) is 0 Å². The minimum Gasteiger partial charge on any atom is -0.309 e. The lowest BCUT2D eigenvalue weighted by Gasteiger charge is -2.35. The SMILES string of the molecule is [2H]c1c([2H])c(-c2nc(-n3c4c([2H])c([2H])c([2H])c([2H])c4c4c5c(sc6c([2H])c([2H])c([2H])c([2H])c65)c5c([2H])c([2H])c([2H])c([2H])c5c43)nc3c([2H])c([2H])c([2H])c([2H])c23)c([2H])c([2H])c1C.[2H]c1c([2H])c([2H])c([Si](c2c([2H])c([2H])c([2H])c([2H])c2[2H])(c2c([2H])c([2H])c([2H])c(-n3c4c([2H])c([2H])c([2H])c([2H])c4c4c(C)c([2H])c([2H])c([2H])c43)c2[2H])c2c([2H])c([2H])c([2H])c3c2sc2c([2H])c([2H])c([2H])c([2H])c23)c([2H])c1[2H]. The van der Waals surface area contributed by atoms with Crippen LogP contribution in [0.3, 0.4) is 0 Å². The van der Waals surface area contributed by atoms with Crippen molar-refractivity contribution >= 4 is 157 Å². The fraction of sp³-hybridized carbons (Fsp3) is 0.0250. The van der Waals surface area contributed by atoms with Crippen LogP contribution in [0.1, 0.15) is 76.9 Å². The molecule has 18 aromatic rings. The Hall–Kier alpha value is -10.3. The number of nitrogens with zero attached hydrogens (tertiary/aromatic N) is 4. The maximum Gasteiger partial charge on any atom is 0.235 e. The predicted octanol–water partition coefficient (Wildman–Crippen LogP) is 19.1. The molecule has 0 atom stereocenters. The van der Waals surface area contributed by atoms with Gasteiger partial charge < -0.3 is 4.57 Å². The van der Waals surface area contributed by atoms with Gasteiger partial charge in [0.1, 0.15) is 0 Å². The van der Waals surface area contributed by atoms with E-state index in [1.165, 1.54) is 13.8 Å². The molecule has 0 fully saturated rings. The number of hydrogen-bond donors (Lipinski definition) is 0. The molecule has 0 N–H and O–H groups in total. The normalized spacial score (nSPS) is 19.7. The zero-order valence-corrected chi connectivity index (χ0v) is 46.7. The van der Waals surface area contributed by atoms with Gasteiger partial charge in [-0.1, -0.05) is 247 Å². The molecule has 18 rings (SSSR count). The Morgan fingerprint density at radius 1 is 0.368 bits per heavy atom. The molecule has 13 aromatic carbocycles. The third-order valence-corrected chi connectivity index (χ3v) is 21.1. The van der Waals surface area contributed by atoms with Crippen LogP contribution < -0.4 is 20.7 Å². The van der Waals surface area contributed by atoms with Gasteiger partial charge in [0.15, 0.2) is 8.07 Å². The molecular weight excluding hydrogens is 1110 g/mol. The minimum absolute atomic E-state index is 0.0214. The summed E-state index contributed by atoms with van der Waals surface area (Å²) >= 11 is 1.22. The summed E-state index contributed by atoms with van der Waals surface area (Å²) in [6.45, 7) is 2.66. The summed E-state index contributed by atoms with van der Waals surface area (Å²) in [4.78, 5) is 9.22. The lowest BCUT2D eigenvalue weighted by atomic mass is 10.00. The zero-order valence-electron chi connectivity index (χ0n) is 92.1. The number of fused-ring (bicyclic) bond motifs is 17. The van der Waals surface area contributed by atoms with E-state index in [9.17, 15) is 23.3 Å². The summed E-state index contributed by atoms with van der Waals surface area (Å²) in [5.74, 6) is -0.635. The highest BCUT2D eigenvalue weighted by atomic mass is 32.1. The van der Waals surface area contributed by atoms with Gasteiger partial charge in [0.05, 0.1) is 99.1 Å². The third kappa shape index (κ3) is 7.93. The highest BCUT2D eigenvalue weighted by Gasteiger charge is 2.43. The van der Waals surface area contributed by atoms with Gasteiger partial charge in [-0.25, -0.2) is 9.97 Å². The van der Waals surface area contributed by atoms with Crippen LogP contribution in [0.5, 0.6) is 0 Å². The molecule has 0 aliphatic rings. The van der Waals surface area contributed by atoms with Gasteiger partial charge >= 0.3 is 0 Å². The predicted molar refractivity (Wildman–Crippen MR) is 376 cm³/mol. The van der Waals surface area contributed by atoms with Crippen molar-refractivity contribution in [2.75, 3.05) is 0 Å². The van der Waals surface area contributed by atoms with Crippen molar-refractivity contribution in [3.8, 4) is 22.9 Å². The van der Waals surface area contributed by atoms with Crippen LogP contribution >= 0.6 is 22.7 Å². The van der Waals surface area contributed by atoms with Gasteiger partial charge in [-0.3, -0.25) is 4.57 Å². The second-order valence-electron chi connectivity index (χ2n) is 19.2. The molecule has 87 heavy (non-hydrogen) atoms. The maximum absolute atomic E-state index is 10.5. The lowest BCUT2D eigenvalue weighted by Crippen LogP contribution is -2.74. The van der Waals surface area contributed by atoms with E-state index in [-0.39, 0.29) is 68.4 Å². The Morgan fingerprint density at radius 3 is 1.62 bits per heavy atom. The van der Waals surface area contributed by atoms with Crippen molar-refractivity contribution in [2.45, 2.75) is 13.8 Å². The first kappa shape index (κ1) is 22.2. The van der Waals surface area contributed by atoms with Gasteiger partial charge in [0, 0.05) is 89.3 Å². The maximum atomic E-state index is 10.5. The van der Waals surface area contributed by atoms with Crippen LogP contribution in [-0.4, -0.2) is 27.2 Å². The van der Waals surface area contributed by atoms with E-state index >= 15 is 0 Å². The van der Waals surface area contributed by atoms with E-state index < -0.39 is 390 Å². The molecule has 0 bridgehead atoms. The number of aromatic nitrogens is 4. The van der Waals surface area contributed by atoms with E-state index in [1.807, 2.05) is 0 Å². The van der Waals surface area contributed by atoms with E-state index in [2.05, 4.69) is 9.97 Å². The van der Waals surface area contributed by atoms with Gasteiger partial charge in [0.2, 0.25) is 5.95 Å². The van der Waals surface area contributed by atoms with Crippen LogP contribution in [0.25, 0.3) is 129 Å². The molecule has 0 saturated carbocycles. The summed E-state index contributed by atoms with van der Waals surface area (Å²) in [5, 5.41) is -7.21. The lowest BCUT2D eigenvalue weighted by molar-refractivity contribution is 1.02. The highest BCUT2D eigenvalue weighted by Crippen LogP contribution is 2.48. The Kier molecular flexibility index (Phi) is 5.22. The van der Waals surface area contributed by atoms with Crippen molar-refractivity contribution in [1.29, 1.82) is 0 Å². The number of aryl methyl sites for hydroxylation is 1. The van der Waals surface area contributed by atoms with Crippen LogP contribution in [-0.2, 0) is 0 Å². The summed E-state index contributed by atoms with van der Waals surface area (Å²) in [6.07, 6.45) is 0. The molecule has 0 spiro atoms. The van der Waals surface area contributed by atoms with Crippen molar-refractivity contribution in [2.24, 2.45) is 0 Å². The van der Waals surface area contributed by atoms with Crippen molar-refractivity contribution in [3.05, 3.63) is 301 Å². The second kappa shape index (κ2) is 20.5. The fourth-order valence-corrected chi connectivity index (χ4v) is 17.5. The number of rotatable bonds is 7. The molecule has 0 saturated heterocycles. The molecule has 5 aromatic heterocycles. The van der Waals surface area contributed by atoms with Gasteiger partial charge in [-0.2, -0.15) is 0 Å². The fourth-order valence-electron chi connectivity index (χ4n) is 11.0. The first-order valence-electron chi connectivity index (χ1n) is 49.8. The van der Waals surface area contributed by atoms with Crippen molar-refractivity contribution in [3.63, 3.8) is 0 Å². The van der Waals surface area contributed by atoms with Gasteiger partial charge in [-0.15, -0.1) is 22.7 Å². The van der Waals surface area contributed by atoms with Crippen LogP contribution in [0.2, 0.25) is 0 Å². The minimum atomic E-state index is -6.40. The summed E-state index contributed by atoms with van der Waals surface area (Å²) in [5.41, 5.74) is -4.54. The number of para-hydroxylation sites is 3. The van der Waals surface area contributed by atoms with E-state index in [4.69, 9.17) is 42.5 Å². The first-order valence-corrected chi connectivity index (χ1v) is 29.4. The highest BCUT2D eigenvalue weighted by molar-refractivity contribution is 7.30. The summed E-state index contributed by atoms with van der Waals surface area (Å²) in [6, 6.07) is -41.4. The van der Waals surface area contributed by atoms with Crippen molar-refractivity contribution in [1.82, 2.24) is 19.1 Å². The van der Waals surface area contributed by atoms with Gasteiger partial charge in [-0.05, 0) is 88.5 Å². The van der Waals surface area contributed by atoms with Crippen LogP contribution in [0, 0.1) is 13.8 Å². The number of benzene rings is 13. The zero-order chi connectivity index (χ0) is 99.5. The Bertz CT molecular complexity index is 8520. The quantitative estimate of drug-likeness (QED) is 0.118. The first-order chi connectivity index (χ1) is 63.0. The van der Waals surface area contributed by atoms with Crippen LogP contribution in [0.4, 0.5) is 0 Å². The molecule has 410 valence electrons. The number of thiophene rings is 2. The topological polar surface area (TPSA) is 35.6 Å². The summed E-state index contributed by atoms with van der Waals surface area (Å²) < 4.78 is 435. The average Bonchev–Trinajstić information content (AvgIpc) is 1.65. The molecular formula is C80H54N4S2Si. The largest absolute Gasteiger partial charge is 0.309 e. The molecule has 4 nitrogen and oxygen atoms in total. The average molecular weight is 1210 g/mol. The Labute approximate surface area is 579 Å². The monoisotopic (exact) mass is 1210 g/mol. The van der Waals surface area contributed by atoms with E-state index in [0.29, 0.717) is 11.3 Å². The molecule has 0 aliphatic carbocycles. The molecule has 5 heterocycles. The summed E-state index contributed by atoms with van der Waals surface area (Å²) in [7, 11) is -6.40. The molecule has 0 radical (unpaired) electrons. The molecule has 0 aliphatic heterocycles. The second-order valence-corrected chi connectivity index (χ2v) is 24.7. The van der Waals surface area contributed by atoms with Crippen molar-refractivity contribution < 1.29 is 65.8 Å².